The van der Waals surface area contributed by atoms with Gasteiger partial charge < -0.3 is 10.5 Å². The van der Waals surface area contributed by atoms with Crippen LogP contribution in [0.25, 0.3) is 16.7 Å². The standard InChI is InChI=1S/C27H29N5O/c1-18-12-13-26(24(15-18)32-29-22-10-4-5-11-23(22)30-32)33-27-21-9-3-2-7-19(21)16-25(27)31-14-6-8-20(28)17-31/h2-5,7,9-13,15,20,25,27H,6,8,14,16-17,28H2,1H3/t20-,25-,27+/m1/s1. The number of benzene rings is 3. The molecule has 6 rings (SSSR count). The van der Waals surface area contributed by atoms with Gasteiger partial charge in [-0.2, -0.15) is 0 Å². The van der Waals surface area contributed by atoms with E-state index < -0.39 is 0 Å². The minimum Gasteiger partial charge on any atom is -0.482 e. The number of ether oxygens (including phenoxy) is 1. The molecule has 6 heteroatoms. The number of nitrogens with zero attached hydrogens (tertiary/aromatic N) is 4. The number of hydrogen-bond donors (Lipinski definition) is 1. The quantitative estimate of drug-likeness (QED) is 0.516. The Labute approximate surface area is 194 Å². The first-order valence-electron chi connectivity index (χ1n) is 11.8. The Morgan fingerprint density at radius 1 is 0.970 bits per heavy atom. The van der Waals surface area contributed by atoms with Crippen molar-refractivity contribution in [2.45, 2.75) is 44.4 Å². The van der Waals surface area contributed by atoms with Gasteiger partial charge in [0.2, 0.25) is 0 Å². The summed E-state index contributed by atoms with van der Waals surface area (Å²) in [7, 11) is 0. The lowest BCUT2D eigenvalue weighted by molar-refractivity contribution is 0.0591. The first kappa shape index (κ1) is 20.4. The van der Waals surface area contributed by atoms with Crippen LogP contribution in [-0.4, -0.2) is 45.1 Å². The highest BCUT2D eigenvalue weighted by molar-refractivity contribution is 5.73. The van der Waals surface area contributed by atoms with Gasteiger partial charge in [-0.3, -0.25) is 4.90 Å². The molecule has 2 heterocycles. The Morgan fingerprint density at radius 2 is 1.73 bits per heavy atom. The van der Waals surface area contributed by atoms with Crippen LogP contribution in [0.2, 0.25) is 0 Å². The Bertz CT molecular complexity index is 1270. The van der Waals surface area contributed by atoms with E-state index in [-0.39, 0.29) is 18.2 Å². The zero-order valence-electron chi connectivity index (χ0n) is 18.9. The van der Waals surface area contributed by atoms with Gasteiger partial charge in [0.15, 0.2) is 0 Å². The summed E-state index contributed by atoms with van der Waals surface area (Å²) in [4.78, 5) is 4.24. The van der Waals surface area contributed by atoms with Gasteiger partial charge in [0.1, 0.15) is 28.6 Å². The lowest BCUT2D eigenvalue weighted by Crippen LogP contribution is -2.49. The van der Waals surface area contributed by atoms with E-state index in [4.69, 9.17) is 20.7 Å². The largest absolute Gasteiger partial charge is 0.482 e. The molecule has 1 fully saturated rings. The Hall–Kier alpha value is -3.22. The average Bonchev–Trinajstić information content (AvgIpc) is 3.42. The summed E-state index contributed by atoms with van der Waals surface area (Å²) < 4.78 is 6.86. The van der Waals surface area contributed by atoms with Crippen molar-refractivity contribution >= 4 is 11.0 Å². The van der Waals surface area contributed by atoms with Gasteiger partial charge in [0, 0.05) is 12.6 Å². The monoisotopic (exact) mass is 439 g/mol. The number of aromatic nitrogens is 3. The molecule has 0 radical (unpaired) electrons. The maximum Gasteiger partial charge on any atom is 0.147 e. The number of piperidine rings is 1. The van der Waals surface area contributed by atoms with E-state index in [1.807, 2.05) is 24.3 Å². The molecule has 3 aromatic carbocycles. The van der Waals surface area contributed by atoms with E-state index in [2.05, 4.69) is 54.3 Å². The maximum absolute atomic E-state index is 6.86. The predicted octanol–water partition coefficient (Wildman–Crippen LogP) is 4.20. The van der Waals surface area contributed by atoms with Crippen LogP contribution in [0, 0.1) is 6.92 Å². The second-order valence-electron chi connectivity index (χ2n) is 9.36. The molecular weight excluding hydrogens is 410 g/mol. The fourth-order valence-electron chi connectivity index (χ4n) is 5.33. The van der Waals surface area contributed by atoms with Crippen molar-refractivity contribution in [3.63, 3.8) is 0 Å². The van der Waals surface area contributed by atoms with Crippen LogP contribution in [0.5, 0.6) is 5.75 Å². The highest BCUT2D eigenvalue weighted by Crippen LogP contribution is 2.40. The van der Waals surface area contributed by atoms with Crippen molar-refractivity contribution in [2.24, 2.45) is 5.73 Å². The molecule has 0 unspecified atom stereocenters. The zero-order valence-corrected chi connectivity index (χ0v) is 18.9. The molecule has 1 saturated heterocycles. The SMILES string of the molecule is Cc1ccc(O[C@H]2c3ccccc3C[C@H]2N2CCC[C@@H](N)C2)c(-n2nc3ccccc3n2)c1. The third kappa shape index (κ3) is 3.79. The van der Waals surface area contributed by atoms with Crippen molar-refractivity contribution in [3.05, 3.63) is 83.4 Å². The number of rotatable bonds is 4. The van der Waals surface area contributed by atoms with E-state index in [0.717, 1.165) is 60.4 Å². The number of hydrogen-bond acceptors (Lipinski definition) is 5. The zero-order chi connectivity index (χ0) is 22.4. The summed E-state index contributed by atoms with van der Waals surface area (Å²) in [6.07, 6.45) is 3.17. The van der Waals surface area contributed by atoms with E-state index in [1.54, 1.807) is 4.80 Å². The minimum absolute atomic E-state index is 0.0575. The van der Waals surface area contributed by atoms with Crippen molar-refractivity contribution in [3.8, 4) is 11.4 Å². The molecule has 3 atom stereocenters. The van der Waals surface area contributed by atoms with Gasteiger partial charge in [-0.15, -0.1) is 15.0 Å². The molecule has 0 spiro atoms. The first-order valence-corrected chi connectivity index (χ1v) is 11.8. The average molecular weight is 440 g/mol. The number of nitrogens with two attached hydrogens (primary N) is 1. The number of fused-ring (bicyclic) bond motifs is 2. The third-order valence-electron chi connectivity index (χ3n) is 6.97. The predicted molar refractivity (Wildman–Crippen MR) is 130 cm³/mol. The molecule has 0 bridgehead atoms. The molecule has 4 aromatic rings. The third-order valence-corrected chi connectivity index (χ3v) is 6.97. The topological polar surface area (TPSA) is 69.2 Å². The molecule has 1 aliphatic carbocycles. The van der Waals surface area contributed by atoms with Gasteiger partial charge in [-0.05, 0) is 73.7 Å². The number of likely N-dealkylation sites (tertiary alicyclic amines) is 1. The summed E-state index contributed by atoms with van der Waals surface area (Å²) in [5, 5.41) is 9.44. The van der Waals surface area contributed by atoms with Crippen LogP contribution >= 0.6 is 0 Å². The highest BCUT2D eigenvalue weighted by atomic mass is 16.5. The normalized spacial score (nSPS) is 23.0. The first-order chi connectivity index (χ1) is 16.2. The number of aryl methyl sites for hydroxylation is 1. The summed E-state index contributed by atoms with van der Waals surface area (Å²) in [5.41, 5.74) is 12.7. The summed E-state index contributed by atoms with van der Waals surface area (Å²) in [6.45, 7) is 4.07. The fraction of sp³-hybridized carbons (Fsp3) is 0.333. The van der Waals surface area contributed by atoms with Crippen molar-refractivity contribution in [2.75, 3.05) is 13.1 Å². The highest BCUT2D eigenvalue weighted by Gasteiger charge is 2.39. The van der Waals surface area contributed by atoms with Gasteiger partial charge in [0.05, 0.1) is 6.04 Å². The van der Waals surface area contributed by atoms with E-state index >= 15 is 0 Å². The molecule has 168 valence electrons. The van der Waals surface area contributed by atoms with Crippen LogP contribution in [0.3, 0.4) is 0 Å². The Balaban J connectivity index is 1.39. The Morgan fingerprint density at radius 3 is 2.52 bits per heavy atom. The van der Waals surface area contributed by atoms with Crippen molar-refractivity contribution in [1.29, 1.82) is 0 Å². The minimum atomic E-state index is -0.0575. The Kier molecular flexibility index (Phi) is 5.12. The summed E-state index contributed by atoms with van der Waals surface area (Å²) in [5.74, 6) is 0.800. The van der Waals surface area contributed by atoms with Crippen molar-refractivity contribution < 1.29 is 4.74 Å². The van der Waals surface area contributed by atoms with E-state index in [9.17, 15) is 0 Å². The van der Waals surface area contributed by atoms with Crippen molar-refractivity contribution in [1.82, 2.24) is 19.9 Å². The van der Waals surface area contributed by atoms with E-state index in [1.165, 1.54) is 11.1 Å². The summed E-state index contributed by atoms with van der Waals surface area (Å²) >= 11 is 0. The molecule has 2 aliphatic rings. The van der Waals surface area contributed by atoms with Gasteiger partial charge in [-0.1, -0.05) is 42.5 Å². The molecular formula is C27H29N5O. The van der Waals surface area contributed by atoms with Crippen LogP contribution < -0.4 is 10.5 Å². The lowest BCUT2D eigenvalue weighted by atomic mass is 10.0. The second kappa shape index (κ2) is 8.28. The molecule has 6 nitrogen and oxygen atoms in total. The maximum atomic E-state index is 6.86. The van der Waals surface area contributed by atoms with E-state index in [0.29, 0.717) is 0 Å². The second-order valence-corrected chi connectivity index (χ2v) is 9.36. The molecule has 33 heavy (non-hydrogen) atoms. The molecule has 0 amide bonds. The van der Waals surface area contributed by atoms with Crippen LogP contribution in [0.1, 0.15) is 35.6 Å². The van der Waals surface area contributed by atoms with Gasteiger partial charge in [-0.25, -0.2) is 0 Å². The van der Waals surface area contributed by atoms with Gasteiger partial charge in [0.25, 0.3) is 0 Å². The molecule has 2 N–H and O–H groups in total. The molecule has 0 saturated carbocycles. The fourth-order valence-corrected chi connectivity index (χ4v) is 5.33. The van der Waals surface area contributed by atoms with Crippen LogP contribution in [0.15, 0.2) is 66.7 Å². The van der Waals surface area contributed by atoms with Crippen LogP contribution in [-0.2, 0) is 6.42 Å². The smallest absolute Gasteiger partial charge is 0.147 e. The summed E-state index contributed by atoms with van der Waals surface area (Å²) in [6, 6.07) is 23.4. The lowest BCUT2D eigenvalue weighted by Gasteiger charge is -2.38. The van der Waals surface area contributed by atoms with Crippen LogP contribution in [0.4, 0.5) is 0 Å². The van der Waals surface area contributed by atoms with Gasteiger partial charge >= 0.3 is 0 Å². The molecule has 1 aromatic heterocycles. The molecule has 1 aliphatic heterocycles.